The van der Waals surface area contributed by atoms with Gasteiger partial charge in [-0.15, -0.1) is 0 Å². The maximum absolute atomic E-state index is 11.7. The van der Waals surface area contributed by atoms with Crippen LogP contribution in [0.2, 0.25) is 0 Å². The van der Waals surface area contributed by atoms with Crippen molar-refractivity contribution in [3.8, 4) is 0 Å². The van der Waals surface area contributed by atoms with Gasteiger partial charge in [-0.2, -0.15) is 0 Å². The van der Waals surface area contributed by atoms with E-state index in [2.05, 4.69) is 9.47 Å². The van der Waals surface area contributed by atoms with Gasteiger partial charge in [0.2, 0.25) is 0 Å². The predicted molar refractivity (Wildman–Crippen MR) is 64.7 cm³/mol. The van der Waals surface area contributed by atoms with Crippen molar-refractivity contribution in [3.63, 3.8) is 0 Å². The molecular formula is C11H15NO5S. The fraction of sp³-hybridized carbons (Fsp3) is 0.364. The van der Waals surface area contributed by atoms with Crippen LogP contribution in [0.1, 0.15) is 5.56 Å². The van der Waals surface area contributed by atoms with Crippen LogP contribution in [0.5, 0.6) is 0 Å². The summed E-state index contributed by atoms with van der Waals surface area (Å²) in [4.78, 5) is 11.2. The first kappa shape index (κ1) is 14.5. The van der Waals surface area contributed by atoms with Crippen molar-refractivity contribution in [1.82, 2.24) is 4.72 Å². The third-order valence-corrected chi connectivity index (χ3v) is 3.40. The first-order valence-corrected chi connectivity index (χ1v) is 6.69. The van der Waals surface area contributed by atoms with E-state index in [1.165, 1.54) is 19.2 Å². The number of nitrogens with one attached hydrogen (secondary N) is 1. The van der Waals surface area contributed by atoms with E-state index in [4.69, 9.17) is 0 Å². The number of ether oxygens (including phenoxy) is 2. The van der Waals surface area contributed by atoms with E-state index >= 15 is 0 Å². The number of hydrogen-bond donors (Lipinski definition) is 1. The number of methoxy groups -OCH3 is 1. The van der Waals surface area contributed by atoms with Crippen LogP contribution in [0.3, 0.4) is 0 Å². The van der Waals surface area contributed by atoms with Gasteiger partial charge in [0.05, 0.1) is 11.5 Å². The van der Waals surface area contributed by atoms with Crippen LogP contribution in [0.15, 0.2) is 29.2 Å². The van der Waals surface area contributed by atoms with Gasteiger partial charge in [-0.3, -0.25) is 0 Å². The van der Waals surface area contributed by atoms with Gasteiger partial charge in [-0.05, 0) is 19.1 Å². The summed E-state index contributed by atoms with van der Waals surface area (Å²) in [6.07, 6.45) is -1.02. The molecule has 0 bridgehead atoms. The summed E-state index contributed by atoms with van der Waals surface area (Å²) in [5, 5.41) is 0. The van der Waals surface area contributed by atoms with Gasteiger partial charge in [0.1, 0.15) is 6.61 Å². The molecule has 0 saturated carbocycles. The molecule has 0 atom stereocenters. The molecule has 0 radical (unpaired) electrons. The van der Waals surface area contributed by atoms with Crippen molar-refractivity contribution in [2.45, 2.75) is 11.8 Å². The van der Waals surface area contributed by atoms with E-state index in [-0.39, 0.29) is 18.1 Å². The Hall–Kier alpha value is -1.60. The molecule has 1 aromatic carbocycles. The van der Waals surface area contributed by atoms with Gasteiger partial charge < -0.3 is 9.47 Å². The highest BCUT2D eigenvalue weighted by Crippen LogP contribution is 2.09. The number of carbonyl (C=O) groups is 1. The van der Waals surface area contributed by atoms with Crippen molar-refractivity contribution in [3.05, 3.63) is 29.8 Å². The molecule has 1 amide bonds. The quantitative estimate of drug-likeness (QED) is 0.811. The molecule has 0 heterocycles. The van der Waals surface area contributed by atoms with Crippen LogP contribution in [0.25, 0.3) is 0 Å². The molecule has 1 rings (SSSR count). The zero-order valence-corrected chi connectivity index (χ0v) is 11.0. The lowest BCUT2D eigenvalue weighted by atomic mass is 10.2. The highest BCUT2D eigenvalue weighted by Gasteiger charge is 2.17. The highest BCUT2D eigenvalue weighted by atomic mass is 32.2. The summed E-state index contributed by atoms with van der Waals surface area (Å²) in [7, 11) is -2.43. The maximum atomic E-state index is 11.7. The lowest BCUT2D eigenvalue weighted by Gasteiger charge is -2.07. The Morgan fingerprint density at radius 1 is 1.22 bits per heavy atom. The Morgan fingerprint density at radius 3 is 2.39 bits per heavy atom. The molecule has 6 nitrogen and oxygen atoms in total. The Labute approximate surface area is 106 Å². The average Bonchev–Trinajstić information content (AvgIpc) is 2.29. The smallest absolute Gasteiger partial charge is 0.421 e. The van der Waals surface area contributed by atoms with Gasteiger partial charge in [0.15, 0.2) is 0 Å². The van der Waals surface area contributed by atoms with Gasteiger partial charge in [0.25, 0.3) is 10.0 Å². The molecule has 18 heavy (non-hydrogen) atoms. The Balaban J connectivity index is 2.64. The summed E-state index contributed by atoms with van der Waals surface area (Å²) in [6.45, 7) is 2.03. The predicted octanol–water partition coefficient (Wildman–Crippen LogP) is 1.06. The third kappa shape index (κ3) is 4.34. The van der Waals surface area contributed by atoms with Crippen molar-refractivity contribution in [2.75, 3.05) is 20.3 Å². The third-order valence-electron chi connectivity index (χ3n) is 2.07. The maximum Gasteiger partial charge on any atom is 0.421 e. The molecule has 0 unspecified atom stereocenters. The molecule has 100 valence electrons. The second kappa shape index (κ2) is 6.36. The molecule has 1 N–H and O–H groups in total. The molecule has 0 aromatic heterocycles. The molecule has 0 spiro atoms. The number of aryl methyl sites for hydroxylation is 1. The Kier molecular flexibility index (Phi) is 5.11. The fourth-order valence-corrected chi connectivity index (χ4v) is 2.02. The Morgan fingerprint density at radius 2 is 1.83 bits per heavy atom. The van der Waals surface area contributed by atoms with Crippen LogP contribution < -0.4 is 4.72 Å². The number of rotatable bonds is 5. The molecule has 0 saturated heterocycles. The SMILES string of the molecule is COCCOC(=O)NS(=O)(=O)c1ccc(C)cc1. The van der Waals surface area contributed by atoms with E-state index in [0.29, 0.717) is 0 Å². The molecular weight excluding hydrogens is 258 g/mol. The van der Waals surface area contributed by atoms with Crippen LogP contribution in [0.4, 0.5) is 4.79 Å². The minimum Gasteiger partial charge on any atom is -0.446 e. The summed E-state index contributed by atoms with van der Waals surface area (Å²) < 4.78 is 34.6. The van der Waals surface area contributed by atoms with Crippen LogP contribution in [-0.2, 0) is 19.5 Å². The summed E-state index contributed by atoms with van der Waals surface area (Å²) in [5.74, 6) is 0. The van der Waals surface area contributed by atoms with Crippen LogP contribution >= 0.6 is 0 Å². The molecule has 0 aliphatic carbocycles. The zero-order chi connectivity index (χ0) is 13.6. The van der Waals surface area contributed by atoms with Gasteiger partial charge in [-0.1, -0.05) is 17.7 Å². The monoisotopic (exact) mass is 273 g/mol. The first-order valence-electron chi connectivity index (χ1n) is 5.21. The van der Waals surface area contributed by atoms with Gasteiger partial charge in [-0.25, -0.2) is 17.9 Å². The van der Waals surface area contributed by atoms with Gasteiger partial charge >= 0.3 is 6.09 Å². The van der Waals surface area contributed by atoms with Crippen molar-refractivity contribution < 1.29 is 22.7 Å². The largest absolute Gasteiger partial charge is 0.446 e. The lowest BCUT2D eigenvalue weighted by Crippen LogP contribution is -2.31. The van der Waals surface area contributed by atoms with E-state index < -0.39 is 16.1 Å². The topological polar surface area (TPSA) is 81.7 Å². The first-order chi connectivity index (χ1) is 8.45. The number of benzene rings is 1. The molecule has 0 fully saturated rings. The molecule has 7 heteroatoms. The number of carbonyl (C=O) groups excluding carboxylic acids is 1. The van der Waals surface area contributed by atoms with Crippen LogP contribution in [0, 0.1) is 6.92 Å². The normalized spacial score (nSPS) is 11.0. The second-order valence-electron chi connectivity index (χ2n) is 3.55. The van der Waals surface area contributed by atoms with E-state index in [0.717, 1.165) is 5.56 Å². The minimum absolute atomic E-state index is 0.00818. The molecule has 1 aromatic rings. The lowest BCUT2D eigenvalue weighted by molar-refractivity contribution is 0.102. The number of amides is 1. The Bertz CT molecular complexity index is 495. The van der Waals surface area contributed by atoms with Gasteiger partial charge in [0, 0.05) is 7.11 Å². The number of sulfonamides is 1. The molecule has 0 aliphatic rings. The molecule has 0 aliphatic heterocycles. The number of hydrogen-bond acceptors (Lipinski definition) is 5. The fourth-order valence-electron chi connectivity index (χ4n) is 1.13. The standard InChI is InChI=1S/C11H15NO5S/c1-9-3-5-10(6-4-9)18(14,15)12-11(13)17-8-7-16-2/h3-6H,7-8H2,1-2H3,(H,12,13). The van der Waals surface area contributed by atoms with Crippen molar-refractivity contribution in [2.24, 2.45) is 0 Å². The van der Waals surface area contributed by atoms with Crippen molar-refractivity contribution in [1.29, 1.82) is 0 Å². The summed E-state index contributed by atoms with van der Waals surface area (Å²) >= 11 is 0. The van der Waals surface area contributed by atoms with E-state index in [1.54, 1.807) is 16.9 Å². The minimum atomic E-state index is -3.88. The van der Waals surface area contributed by atoms with E-state index in [1.807, 2.05) is 6.92 Å². The zero-order valence-electron chi connectivity index (χ0n) is 10.2. The van der Waals surface area contributed by atoms with Crippen LogP contribution in [-0.4, -0.2) is 34.8 Å². The average molecular weight is 273 g/mol. The van der Waals surface area contributed by atoms with E-state index in [9.17, 15) is 13.2 Å². The highest BCUT2D eigenvalue weighted by molar-refractivity contribution is 7.90. The second-order valence-corrected chi connectivity index (χ2v) is 5.23. The summed E-state index contributed by atoms with van der Waals surface area (Å²) in [6, 6.07) is 6.12. The summed E-state index contributed by atoms with van der Waals surface area (Å²) in [5.41, 5.74) is 0.927. The van der Waals surface area contributed by atoms with Crippen molar-refractivity contribution >= 4 is 16.1 Å².